The summed E-state index contributed by atoms with van der Waals surface area (Å²) in [6.07, 6.45) is 87.7. The highest BCUT2D eigenvalue weighted by Gasteiger charge is 2.19. The van der Waals surface area contributed by atoms with Crippen LogP contribution >= 0.6 is 0 Å². The molecule has 0 fully saturated rings. The van der Waals surface area contributed by atoms with Crippen LogP contribution in [-0.4, -0.2) is 37.2 Å². The molecule has 0 aromatic carbocycles. The van der Waals surface area contributed by atoms with Gasteiger partial charge in [-0.25, -0.2) is 0 Å². The molecule has 6 nitrogen and oxygen atoms in total. The van der Waals surface area contributed by atoms with Crippen molar-refractivity contribution in [2.24, 2.45) is 0 Å². The molecule has 0 aromatic rings. The molecule has 0 aromatic heterocycles. The fourth-order valence-electron chi connectivity index (χ4n) is 11.2. The van der Waals surface area contributed by atoms with Crippen molar-refractivity contribution in [3.63, 3.8) is 0 Å². The molecule has 0 aliphatic heterocycles. The van der Waals surface area contributed by atoms with Crippen LogP contribution < -0.4 is 0 Å². The van der Waals surface area contributed by atoms with Crippen molar-refractivity contribution >= 4 is 17.9 Å². The second-order valence-corrected chi connectivity index (χ2v) is 24.8. The smallest absolute Gasteiger partial charge is 0.306 e. The number of hydrogen-bond acceptors (Lipinski definition) is 6. The van der Waals surface area contributed by atoms with Crippen molar-refractivity contribution in [1.82, 2.24) is 0 Å². The Bertz CT molecular complexity index is 1350. The van der Waals surface area contributed by atoms with Gasteiger partial charge in [-0.2, -0.15) is 0 Å². The van der Waals surface area contributed by atoms with Crippen LogP contribution in [0.3, 0.4) is 0 Å². The molecule has 0 bridgehead atoms. The van der Waals surface area contributed by atoms with E-state index < -0.39 is 6.10 Å². The first kappa shape index (κ1) is 78.6. The van der Waals surface area contributed by atoms with Crippen molar-refractivity contribution in [3.05, 3.63) is 36.5 Å². The summed E-state index contributed by atoms with van der Waals surface area (Å²) >= 11 is 0. The molecule has 0 spiro atoms. The number of unbranched alkanes of at least 4 members (excludes halogenated alkanes) is 51. The molecule has 0 heterocycles. The van der Waals surface area contributed by atoms with Crippen LogP contribution in [-0.2, 0) is 28.6 Å². The fraction of sp³-hybridized carbons (Fsp3) is 0.880. The standard InChI is InChI=1S/C75H140O6/c1-4-7-10-13-16-19-22-25-27-29-31-33-35-37-39-41-43-45-47-50-53-56-59-62-65-68-74(77)80-71-72(70-79-73(76)67-64-61-58-55-52-49-24-21-18-15-12-9-6-3)81-75(78)69-66-63-60-57-54-51-48-46-44-42-40-38-36-34-32-30-28-26-23-20-17-14-11-8-5-2/h9,12,18,21,49,52,72H,4-8,10-11,13-17,19-20,22-48,50-51,53-71H2,1-3H3/b12-9-,21-18-,52-49-. The van der Waals surface area contributed by atoms with Gasteiger partial charge < -0.3 is 14.2 Å². The minimum absolute atomic E-state index is 0.0757. The van der Waals surface area contributed by atoms with Crippen LogP contribution in [0.5, 0.6) is 0 Å². The first-order valence-corrected chi connectivity index (χ1v) is 36.5. The van der Waals surface area contributed by atoms with Gasteiger partial charge in [-0.3, -0.25) is 14.4 Å². The summed E-state index contributed by atoms with van der Waals surface area (Å²) in [5, 5.41) is 0. The van der Waals surface area contributed by atoms with Gasteiger partial charge in [-0.1, -0.05) is 372 Å². The summed E-state index contributed by atoms with van der Waals surface area (Å²) in [5.41, 5.74) is 0. The van der Waals surface area contributed by atoms with Gasteiger partial charge in [0.25, 0.3) is 0 Å². The number of carbonyl (C=O) groups is 3. The van der Waals surface area contributed by atoms with Gasteiger partial charge in [-0.05, 0) is 51.4 Å². The highest BCUT2D eigenvalue weighted by atomic mass is 16.6. The molecule has 0 rings (SSSR count). The Hall–Kier alpha value is -2.37. The van der Waals surface area contributed by atoms with Gasteiger partial charge in [0, 0.05) is 19.3 Å². The van der Waals surface area contributed by atoms with E-state index in [1.54, 1.807) is 0 Å². The number of rotatable bonds is 68. The number of ether oxygens (including phenoxy) is 3. The molecule has 1 atom stereocenters. The van der Waals surface area contributed by atoms with E-state index in [2.05, 4.69) is 57.2 Å². The van der Waals surface area contributed by atoms with Crippen LogP contribution in [0.1, 0.15) is 406 Å². The molecule has 0 saturated carbocycles. The largest absolute Gasteiger partial charge is 0.462 e. The van der Waals surface area contributed by atoms with E-state index in [-0.39, 0.29) is 31.1 Å². The van der Waals surface area contributed by atoms with Gasteiger partial charge in [0.05, 0.1) is 0 Å². The van der Waals surface area contributed by atoms with E-state index >= 15 is 0 Å². The summed E-state index contributed by atoms with van der Waals surface area (Å²) in [6, 6.07) is 0. The van der Waals surface area contributed by atoms with Crippen molar-refractivity contribution in [3.8, 4) is 0 Å². The van der Waals surface area contributed by atoms with E-state index in [1.165, 1.54) is 283 Å². The van der Waals surface area contributed by atoms with Crippen LogP contribution in [0.4, 0.5) is 0 Å². The van der Waals surface area contributed by atoms with Gasteiger partial charge >= 0.3 is 17.9 Å². The third-order valence-corrected chi connectivity index (χ3v) is 16.7. The topological polar surface area (TPSA) is 78.9 Å². The Morgan fingerprint density at radius 3 is 0.753 bits per heavy atom. The van der Waals surface area contributed by atoms with E-state index in [0.717, 1.165) is 83.5 Å². The summed E-state index contributed by atoms with van der Waals surface area (Å²) in [7, 11) is 0. The molecule has 0 saturated heterocycles. The molecule has 0 aliphatic rings. The lowest BCUT2D eigenvalue weighted by molar-refractivity contribution is -0.167. The number of hydrogen-bond donors (Lipinski definition) is 0. The number of carbonyl (C=O) groups excluding carboxylic acids is 3. The van der Waals surface area contributed by atoms with Crippen LogP contribution in [0.15, 0.2) is 36.5 Å². The Morgan fingerprint density at radius 1 is 0.259 bits per heavy atom. The van der Waals surface area contributed by atoms with Gasteiger partial charge in [0.15, 0.2) is 6.10 Å². The summed E-state index contributed by atoms with van der Waals surface area (Å²) < 4.78 is 17.0. The van der Waals surface area contributed by atoms with Gasteiger partial charge in [0.1, 0.15) is 13.2 Å². The molecule has 6 heteroatoms. The van der Waals surface area contributed by atoms with Crippen molar-refractivity contribution < 1.29 is 28.6 Å². The Morgan fingerprint density at radius 2 is 0.481 bits per heavy atom. The lowest BCUT2D eigenvalue weighted by Gasteiger charge is -2.18. The first-order chi connectivity index (χ1) is 40.0. The average Bonchev–Trinajstić information content (AvgIpc) is 3.46. The van der Waals surface area contributed by atoms with Crippen LogP contribution in [0.25, 0.3) is 0 Å². The minimum Gasteiger partial charge on any atom is -0.462 e. The Balaban J connectivity index is 4.20. The highest BCUT2D eigenvalue weighted by Crippen LogP contribution is 2.19. The molecule has 0 amide bonds. The zero-order valence-electron chi connectivity index (χ0n) is 54.8. The molecular weight excluding hydrogens is 997 g/mol. The SMILES string of the molecule is CC/C=C\C/C=C\C/C=C\CCCCCC(=O)OCC(COC(=O)CCCCCCCCCCCCCCCCCCCCCCCCCCC)OC(=O)CCCCCCCCCCCCCCCCCCCCCCCCCCC. The zero-order chi connectivity index (χ0) is 58.5. The van der Waals surface area contributed by atoms with Crippen LogP contribution in [0.2, 0.25) is 0 Å². The fourth-order valence-corrected chi connectivity index (χ4v) is 11.2. The Labute approximate surface area is 506 Å². The molecule has 0 aliphatic carbocycles. The molecule has 0 N–H and O–H groups in total. The predicted octanol–water partition coefficient (Wildman–Crippen LogP) is 25.1. The van der Waals surface area contributed by atoms with Gasteiger partial charge in [-0.15, -0.1) is 0 Å². The van der Waals surface area contributed by atoms with E-state index in [1.807, 2.05) is 0 Å². The third-order valence-electron chi connectivity index (χ3n) is 16.7. The molecular formula is C75H140O6. The average molecular weight is 1140 g/mol. The van der Waals surface area contributed by atoms with Crippen molar-refractivity contribution in [2.75, 3.05) is 13.2 Å². The molecule has 476 valence electrons. The Kier molecular flexibility index (Phi) is 68.1. The predicted molar refractivity (Wildman–Crippen MR) is 353 cm³/mol. The lowest BCUT2D eigenvalue weighted by atomic mass is 10.0. The second kappa shape index (κ2) is 70.1. The lowest BCUT2D eigenvalue weighted by Crippen LogP contribution is -2.30. The summed E-state index contributed by atoms with van der Waals surface area (Å²) in [6.45, 7) is 6.59. The second-order valence-electron chi connectivity index (χ2n) is 24.8. The van der Waals surface area contributed by atoms with Crippen molar-refractivity contribution in [1.29, 1.82) is 0 Å². The normalized spacial score (nSPS) is 12.2. The van der Waals surface area contributed by atoms with Crippen molar-refractivity contribution in [2.45, 2.75) is 412 Å². The first-order valence-electron chi connectivity index (χ1n) is 36.5. The summed E-state index contributed by atoms with van der Waals surface area (Å²) in [5.74, 6) is -0.875. The monoisotopic (exact) mass is 1140 g/mol. The number of esters is 3. The highest BCUT2D eigenvalue weighted by molar-refractivity contribution is 5.71. The van der Waals surface area contributed by atoms with E-state index in [9.17, 15) is 14.4 Å². The maximum atomic E-state index is 13.0. The quantitative estimate of drug-likeness (QED) is 0.0261. The maximum absolute atomic E-state index is 13.0. The van der Waals surface area contributed by atoms with E-state index in [0.29, 0.717) is 19.3 Å². The molecule has 0 radical (unpaired) electrons. The van der Waals surface area contributed by atoms with E-state index in [4.69, 9.17) is 14.2 Å². The molecule has 81 heavy (non-hydrogen) atoms. The number of allylic oxidation sites excluding steroid dienone is 6. The minimum atomic E-state index is -0.782. The maximum Gasteiger partial charge on any atom is 0.306 e. The summed E-state index contributed by atoms with van der Waals surface area (Å²) in [4.78, 5) is 38.4. The zero-order valence-corrected chi connectivity index (χ0v) is 54.8. The third kappa shape index (κ3) is 68.3. The van der Waals surface area contributed by atoms with Gasteiger partial charge in [0.2, 0.25) is 0 Å². The molecule has 1 unspecified atom stereocenters. The van der Waals surface area contributed by atoms with Crippen LogP contribution in [0, 0.1) is 0 Å².